The summed E-state index contributed by atoms with van der Waals surface area (Å²) >= 11 is 0. The Morgan fingerprint density at radius 1 is 1.17 bits per heavy atom. The molecule has 0 spiro atoms. The molecule has 2 aromatic rings. The zero-order valence-electron chi connectivity index (χ0n) is 16.7. The van der Waals surface area contributed by atoms with E-state index < -0.39 is 38.1 Å². The summed E-state index contributed by atoms with van der Waals surface area (Å²) in [4.78, 5) is 12.0. The summed E-state index contributed by atoms with van der Waals surface area (Å²) < 4.78 is 69.0. The molecule has 9 heteroatoms. The Kier molecular flexibility index (Phi) is 6.31. The van der Waals surface area contributed by atoms with Crippen LogP contribution in [0, 0.1) is 11.8 Å². The molecule has 1 saturated carbocycles. The van der Waals surface area contributed by atoms with Crippen molar-refractivity contribution in [1.29, 1.82) is 0 Å². The van der Waals surface area contributed by atoms with Gasteiger partial charge >= 0.3 is 6.18 Å². The Morgan fingerprint density at radius 3 is 2.60 bits per heavy atom. The van der Waals surface area contributed by atoms with Crippen LogP contribution in [0.25, 0.3) is 0 Å². The first-order valence-corrected chi connectivity index (χ1v) is 11.4. The van der Waals surface area contributed by atoms with Crippen LogP contribution >= 0.6 is 0 Å². The van der Waals surface area contributed by atoms with Crippen LogP contribution in [0.2, 0.25) is 0 Å². The van der Waals surface area contributed by atoms with Crippen LogP contribution in [0.3, 0.4) is 0 Å². The van der Waals surface area contributed by atoms with Gasteiger partial charge in [0.15, 0.2) is 15.6 Å². The van der Waals surface area contributed by atoms with E-state index in [-0.39, 0.29) is 17.6 Å². The molecule has 1 aliphatic carbocycles. The summed E-state index contributed by atoms with van der Waals surface area (Å²) in [6.45, 7) is 4.23. The van der Waals surface area contributed by atoms with Gasteiger partial charge in [0, 0.05) is 6.04 Å². The van der Waals surface area contributed by atoms with Gasteiger partial charge in [-0.1, -0.05) is 32.8 Å². The van der Waals surface area contributed by atoms with Gasteiger partial charge in [0.25, 0.3) is 5.91 Å². The molecule has 0 bridgehead atoms. The van der Waals surface area contributed by atoms with Crippen molar-refractivity contribution >= 4 is 15.7 Å². The summed E-state index contributed by atoms with van der Waals surface area (Å²) in [5.41, 5.74) is -1.04. The number of benzene rings is 1. The number of carbonyl (C=O) groups is 1. The minimum absolute atomic E-state index is 0.0115. The fourth-order valence-corrected chi connectivity index (χ4v) is 5.03. The molecule has 0 unspecified atom stereocenters. The van der Waals surface area contributed by atoms with Crippen molar-refractivity contribution in [2.45, 2.75) is 56.0 Å². The van der Waals surface area contributed by atoms with Crippen LogP contribution in [-0.4, -0.2) is 20.4 Å². The number of sulfone groups is 1. The first-order chi connectivity index (χ1) is 14.0. The van der Waals surface area contributed by atoms with Crippen LogP contribution in [-0.2, 0) is 21.8 Å². The molecule has 1 fully saturated rings. The molecule has 30 heavy (non-hydrogen) atoms. The van der Waals surface area contributed by atoms with Crippen molar-refractivity contribution in [1.82, 2.24) is 5.32 Å². The third-order valence-corrected chi connectivity index (χ3v) is 7.40. The highest BCUT2D eigenvalue weighted by molar-refractivity contribution is 7.90. The molecule has 3 rings (SSSR count). The minimum Gasteiger partial charge on any atom is -0.455 e. The van der Waals surface area contributed by atoms with Crippen LogP contribution in [0.4, 0.5) is 13.2 Å². The van der Waals surface area contributed by atoms with E-state index in [2.05, 4.69) is 19.2 Å². The maximum atomic E-state index is 12.9. The second-order valence-electron chi connectivity index (χ2n) is 7.90. The Labute approximate surface area is 173 Å². The monoisotopic (exact) mass is 443 g/mol. The Hall–Kier alpha value is -2.29. The molecule has 0 aliphatic heterocycles. The van der Waals surface area contributed by atoms with Gasteiger partial charge in [0.2, 0.25) is 0 Å². The second-order valence-corrected chi connectivity index (χ2v) is 9.89. The van der Waals surface area contributed by atoms with Crippen molar-refractivity contribution in [3.63, 3.8) is 0 Å². The number of hydrogen-bond donors (Lipinski definition) is 1. The van der Waals surface area contributed by atoms with Crippen molar-refractivity contribution in [3.05, 3.63) is 53.5 Å². The lowest BCUT2D eigenvalue weighted by Gasteiger charge is -2.34. The largest absolute Gasteiger partial charge is 0.455 e. The van der Waals surface area contributed by atoms with E-state index in [0.717, 1.165) is 37.5 Å². The first kappa shape index (κ1) is 22.4. The zero-order valence-corrected chi connectivity index (χ0v) is 17.5. The smallest absolute Gasteiger partial charge is 0.416 e. The van der Waals surface area contributed by atoms with Gasteiger partial charge in [-0.3, -0.25) is 4.79 Å². The molecule has 1 aliphatic rings. The van der Waals surface area contributed by atoms with Crippen LogP contribution < -0.4 is 5.32 Å². The van der Waals surface area contributed by atoms with Crippen molar-refractivity contribution in [2.24, 2.45) is 11.8 Å². The number of hydrogen-bond acceptors (Lipinski definition) is 4. The van der Waals surface area contributed by atoms with Gasteiger partial charge in [-0.15, -0.1) is 0 Å². The number of furan rings is 1. The number of rotatable bonds is 5. The lowest BCUT2D eigenvalue weighted by Crippen LogP contribution is -2.43. The van der Waals surface area contributed by atoms with Crippen LogP contribution in [0.1, 0.15) is 55.0 Å². The second kappa shape index (κ2) is 8.45. The van der Waals surface area contributed by atoms with Crippen molar-refractivity contribution < 1.29 is 30.8 Å². The quantitative estimate of drug-likeness (QED) is 0.718. The molecule has 0 saturated heterocycles. The average molecular weight is 443 g/mol. The SMILES string of the molecule is C[C@@H]1[C@H](C)CCC[C@H]1NC(=O)c1ccc(CS(=O)(=O)c2cccc(C(F)(F)F)c2)o1. The predicted octanol–water partition coefficient (Wildman–Crippen LogP) is 4.83. The molecule has 164 valence electrons. The summed E-state index contributed by atoms with van der Waals surface area (Å²) in [5, 5.41) is 2.94. The lowest BCUT2D eigenvalue weighted by molar-refractivity contribution is -0.137. The summed E-state index contributed by atoms with van der Waals surface area (Å²) in [6.07, 6.45) is -1.63. The summed E-state index contributed by atoms with van der Waals surface area (Å²) in [6, 6.07) is 6.30. The molecular weight excluding hydrogens is 419 g/mol. The van der Waals surface area contributed by atoms with E-state index in [0.29, 0.717) is 17.9 Å². The molecule has 1 heterocycles. The van der Waals surface area contributed by atoms with Gasteiger partial charge in [0.05, 0.1) is 10.5 Å². The Bertz CT molecular complexity index is 1010. The Morgan fingerprint density at radius 2 is 1.90 bits per heavy atom. The van der Waals surface area contributed by atoms with E-state index in [1.807, 2.05) is 0 Å². The fraction of sp³-hybridized carbons (Fsp3) is 0.476. The van der Waals surface area contributed by atoms with Crippen LogP contribution in [0.5, 0.6) is 0 Å². The predicted molar refractivity (Wildman–Crippen MR) is 104 cm³/mol. The average Bonchev–Trinajstić information content (AvgIpc) is 3.13. The molecule has 1 N–H and O–H groups in total. The first-order valence-electron chi connectivity index (χ1n) is 9.77. The van der Waals surface area contributed by atoms with Gasteiger partial charge in [-0.2, -0.15) is 13.2 Å². The molecule has 1 amide bonds. The Balaban J connectivity index is 1.71. The van der Waals surface area contributed by atoms with Gasteiger partial charge in [0.1, 0.15) is 11.5 Å². The van der Waals surface area contributed by atoms with Crippen molar-refractivity contribution in [2.75, 3.05) is 0 Å². The van der Waals surface area contributed by atoms with E-state index >= 15 is 0 Å². The highest BCUT2D eigenvalue weighted by Crippen LogP contribution is 2.32. The normalized spacial score (nSPS) is 22.6. The van der Waals surface area contributed by atoms with Gasteiger partial charge in [-0.05, 0) is 48.6 Å². The molecule has 1 aromatic carbocycles. The molecule has 0 radical (unpaired) electrons. The number of alkyl halides is 3. The topological polar surface area (TPSA) is 76.4 Å². The lowest BCUT2D eigenvalue weighted by atomic mass is 9.78. The standard InChI is InChI=1S/C21H24F3NO4S/c1-13-5-3-8-18(14(13)2)25-20(26)19-10-9-16(29-19)12-30(27,28)17-7-4-6-15(11-17)21(22,23)24/h4,6-7,9-11,13-14,18H,3,5,8,12H2,1-2H3,(H,25,26)/t13-,14-,18-/m1/s1. The van der Waals surface area contributed by atoms with E-state index in [1.165, 1.54) is 12.1 Å². The molecular formula is C21H24F3NO4S. The van der Waals surface area contributed by atoms with E-state index in [4.69, 9.17) is 4.42 Å². The number of amides is 1. The highest BCUT2D eigenvalue weighted by atomic mass is 32.2. The zero-order chi connectivity index (χ0) is 22.1. The van der Waals surface area contributed by atoms with Gasteiger partial charge < -0.3 is 9.73 Å². The molecule has 1 aromatic heterocycles. The van der Waals surface area contributed by atoms with E-state index in [1.54, 1.807) is 0 Å². The minimum atomic E-state index is -4.64. The number of carbonyl (C=O) groups excluding carboxylic acids is 1. The third kappa shape index (κ3) is 5.06. The number of halogens is 3. The summed E-state index contributed by atoms with van der Waals surface area (Å²) in [7, 11) is -4.08. The van der Waals surface area contributed by atoms with Crippen molar-refractivity contribution in [3.8, 4) is 0 Å². The van der Waals surface area contributed by atoms with Gasteiger partial charge in [-0.25, -0.2) is 8.42 Å². The fourth-order valence-electron chi connectivity index (χ4n) is 3.74. The van der Waals surface area contributed by atoms with E-state index in [9.17, 15) is 26.4 Å². The maximum absolute atomic E-state index is 12.9. The van der Waals surface area contributed by atoms with Crippen LogP contribution in [0.15, 0.2) is 45.7 Å². The maximum Gasteiger partial charge on any atom is 0.416 e. The third-order valence-electron chi connectivity index (χ3n) is 5.76. The number of nitrogens with one attached hydrogen (secondary N) is 1. The highest BCUT2D eigenvalue weighted by Gasteiger charge is 2.32. The molecule has 5 nitrogen and oxygen atoms in total. The molecule has 3 atom stereocenters. The summed E-state index contributed by atoms with van der Waals surface area (Å²) in [5.74, 6) is -0.286.